The average Bonchev–Trinajstić information content (AvgIpc) is 3.66. The molecule has 0 aromatic heterocycles. The van der Waals surface area contributed by atoms with Gasteiger partial charge in [0.05, 0.1) is 6.61 Å². The molecule has 1 rings (SSSR count). The first-order valence-electron chi connectivity index (χ1n) is 17.4. The fourth-order valence-electron chi connectivity index (χ4n) is 6.48. The fourth-order valence-corrected chi connectivity index (χ4v) is 6.48. The predicted octanol–water partition coefficient (Wildman–Crippen LogP) is 10.7. The molecule has 38 heavy (non-hydrogen) atoms. The molecule has 1 saturated carbocycles. The van der Waals surface area contributed by atoms with E-state index in [2.05, 4.69) is 25.9 Å². The van der Waals surface area contributed by atoms with Crippen LogP contribution in [-0.4, -0.2) is 38.1 Å². The van der Waals surface area contributed by atoms with Crippen molar-refractivity contribution in [1.29, 1.82) is 0 Å². The lowest BCUT2D eigenvalue weighted by molar-refractivity contribution is -0.143. The molecule has 3 heteroatoms. The van der Waals surface area contributed by atoms with Crippen molar-refractivity contribution in [3.63, 3.8) is 0 Å². The van der Waals surface area contributed by atoms with Crippen molar-refractivity contribution in [2.45, 2.75) is 174 Å². The molecule has 226 valence electrons. The van der Waals surface area contributed by atoms with Gasteiger partial charge in [-0.2, -0.15) is 0 Å². The second-order valence-corrected chi connectivity index (χ2v) is 12.9. The van der Waals surface area contributed by atoms with Crippen LogP contribution in [0.15, 0.2) is 0 Å². The van der Waals surface area contributed by atoms with Crippen molar-refractivity contribution in [3.05, 3.63) is 0 Å². The Hall–Kier alpha value is -0.570. The van der Waals surface area contributed by atoms with Gasteiger partial charge in [-0.3, -0.25) is 4.79 Å². The van der Waals surface area contributed by atoms with Crippen LogP contribution in [-0.2, 0) is 9.53 Å². The highest BCUT2D eigenvalue weighted by Gasteiger charge is 2.41. The molecule has 1 fully saturated rings. The summed E-state index contributed by atoms with van der Waals surface area (Å²) >= 11 is 0. The molecule has 0 amide bonds. The molecule has 0 radical (unpaired) electrons. The van der Waals surface area contributed by atoms with E-state index in [9.17, 15) is 4.79 Å². The average molecular weight is 536 g/mol. The molecule has 0 saturated heterocycles. The van der Waals surface area contributed by atoms with Crippen molar-refractivity contribution in [2.75, 3.05) is 27.2 Å². The summed E-state index contributed by atoms with van der Waals surface area (Å²) in [7, 11) is 4.52. The number of rotatable bonds is 29. The van der Waals surface area contributed by atoms with Crippen molar-refractivity contribution in [1.82, 2.24) is 4.90 Å². The molecule has 0 aliphatic heterocycles. The smallest absolute Gasteiger partial charge is 0.305 e. The Morgan fingerprint density at radius 2 is 1.16 bits per heavy atom. The summed E-state index contributed by atoms with van der Waals surface area (Å²) < 4.78 is 5.01. The summed E-state index contributed by atoms with van der Waals surface area (Å²) in [5.74, 6) is 2.90. The Morgan fingerprint density at radius 1 is 0.684 bits per heavy atom. The van der Waals surface area contributed by atoms with Crippen LogP contribution in [0, 0.1) is 17.8 Å². The van der Waals surface area contributed by atoms with Crippen LogP contribution in [0.5, 0.6) is 0 Å². The van der Waals surface area contributed by atoms with Gasteiger partial charge < -0.3 is 9.64 Å². The molecule has 0 aromatic rings. The van der Waals surface area contributed by atoms with Crippen LogP contribution in [0.2, 0.25) is 0 Å². The number of carbonyl (C=O) groups excluding carboxylic acids is 1. The van der Waals surface area contributed by atoms with E-state index in [-0.39, 0.29) is 5.97 Å². The minimum Gasteiger partial charge on any atom is -0.466 e. The van der Waals surface area contributed by atoms with Crippen LogP contribution < -0.4 is 0 Å². The SMILES string of the molecule is CCCCCCCCCCCCCCCCCCC(CN(C)C)C1CC1CCCCCCCC(=O)OCC. The van der Waals surface area contributed by atoms with E-state index in [1.165, 1.54) is 154 Å². The molecule has 1 aliphatic rings. The zero-order valence-corrected chi connectivity index (χ0v) is 26.6. The first kappa shape index (κ1) is 35.5. The van der Waals surface area contributed by atoms with Gasteiger partial charge in [-0.1, -0.05) is 142 Å². The quantitative estimate of drug-likeness (QED) is 0.0704. The number of unbranched alkanes of at least 4 members (excludes halogenated alkanes) is 19. The van der Waals surface area contributed by atoms with E-state index >= 15 is 0 Å². The standard InChI is InChI=1S/C35H69NO2/c1-5-7-8-9-10-11-12-13-14-15-16-17-18-19-21-25-28-33(31-36(3)4)34-30-32(34)27-24-22-20-23-26-29-35(37)38-6-2/h32-34H,5-31H2,1-4H3. The lowest BCUT2D eigenvalue weighted by Crippen LogP contribution is -2.23. The Balaban J connectivity index is 1.95. The van der Waals surface area contributed by atoms with Crippen molar-refractivity contribution in [2.24, 2.45) is 17.8 Å². The fraction of sp³-hybridized carbons (Fsp3) is 0.971. The summed E-state index contributed by atoms with van der Waals surface area (Å²) in [5.41, 5.74) is 0. The molecular formula is C35H69NO2. The molecule has 3 atom stereocenters. The van der Waals surface area contributed by atoms with E-state index < -0.39 is 0 Å². The van der Waals surface area contributed by atoms with Gasteiger partial charge in [0.15, 0.2) is 0 Å². The van der Waals surface area contributed by atoms with Gasteiger partial charge in [-0.15, -0.1) is 0 Å². The highest BCUT2D eigenvalue weighted by molar-refractivity contribution is 5.69. The number of ether oxygens (including phenoxy) is 1. The van der Waals surface area contributed by atoms with Crippen LogP contribution in [0.4, 0.5) is 0 Å². The Labute approximate surface area is 239 Å². The molecule has 0 bridgehead atoms. The minimum absolute atomic E-state index is 0.0235. The predicted molar refractivity (Wildman–Crippen MR) is 167 cm³/mol. The summed E-state index contributed by atoms with van der Waals surface area (Å²) in [6.45, 7) is 5.98. The van der Waals surface area contributed by atoms with Gasteiger partial charge in [0, 0.05) is 13.0 Å². The maximum Gasteiger partial charge on any atom is 0.305 e. The van der Waals surface area contributed by atoms with Crippen LogP contribution in [0.25, 0.3) is 0 Å². The van der Waals surface area contributed by atoms with E-state index in [4.69, 9.17) is 4.74 Å². The molecule has 0 spiro atoms. The number of nitrogens with zero attached hydrogens (tertiary/aromatic N) is 1. The third kappa shape index (κ3) is 21.3. The summed E-state index contributed by atoms with van der Waals surface area (Å²) in [6, 6.07) is 0. The molecule has 3 nitrogen and oxygen atoms in total. The third-order valence-electron chi connectivity index (χ3n) is 8.87. The summed E-state index contributed by atoms with van der Waals surface area (Å²) in [4.78, 5) is 13.8. The number of carbonyl (C=O) groups is 1. The van der Waals surface area contributed by atoms with Gasteiger partial charge in [0.2, 0.25) is 0 Å². The Bertz CT molecular complexity index is 520. The van der Waals surface area contributed by atoms with Gasteiger partial charge >= 0.3 is 5.97 Å². The molecular weight excluding hydrogens is 466 g/mol. The first-order valence-corrected chi connectivity index (χ1v) is 17.4. The van der Waals surface area contributed by atoms with E-state index in [0.717, 1.165) is 24.2 Å². The van der Waals surface area contributed by atoms with Gasteiger partial charge in [-0.25, -0.2) is 0 Å². The van der Waals surface area contributed by atoms with Crippen molar-refractivity contribution >= 4 is 5.97 Å². The van der Waals surface area contributed by atoms with Crippen LogP contribution >= 0.6 is 0 Å². The lowest BCUT2D eigenvalue weighted by Gasteiger charge is -2.21. The van der Waals surface area contributed by atoms with Crippen molar-refractivity contribution < 1.29 is 9.53 Å². The monoisotopic (exact) mass is 536 g/mol. The maximum absolute atomic E-state index is 11.4. The number of esters is 1. The second kappa shape index (κ2) is 25.4. The molecule has 0 aromatic carbocycles. The largest absolute Gasteiger partial charge is 0.466 e. The second-order valence-electron chi connectivity index (χ2n) is 12.9. The van der Waals surface area contributed by atoms with E-state index in [1.807, 2.05) is 6.92 Å². The Morgan fingerprint density at radius 3 is 1.66 bits per heavy atom. The zero-order valence-electron chi connectivity index (χ0n) is 26.6. The van der Waals surface area contributed by atoms with Crippen LogP contribution in [0.1, 0.15) is 174 Å². The number of hydrogen-bond donors (Lipinski definition) is 0. The summed E-state index contributed by atoms with van der Waals surface area (Å²) in [6.07, 6.45) is 34.4. The molecule has 0 heterocycles. The lowest BCUT2D eigenvalue weighted by atomic mass is 9.93. The van der Waals surface area contributed by atoms with E-state index in [0.29, 0.717) is 13.0 Å². The van der Waals surface area contributed by atoms with E-state index in [1.54, 1.807) is 0 Å². The molecule has 1 aliphatic carbocycles. The highest BCUT2D eigenvalue weighted by Crippen LogP contribution is 2.49. The summed E-state index contributed by atoms with van der Waals surface area (Å²) in [5, 5.41) is 0. The Kier molecular flexibility index (Phi) is 23.7. The van der Waals surface area contributed by atoms with Gasteiger partial charge in [-0.05, 0) is 58.0 Å². The molecule has 0 N–H and O–H groups in total. The first-order chi connectivity index (χ1) is 18.6. The van der Waals surface area contributed by atoms with Gasteiger partial charge in [0.25, 0.3) is 0 Å². The zero-order chi connectivity index (χ0) is 27.7. The topological polar surface area (TPSA) is 29.5 Å². The van der Waals surface area contributed by atoms with Crippen molar-refractivity contribution in [3.8, 4) is 0 Å². The van der Waals surface area contributed by atoms with Crippen LogP contribution in [0.3, 0.4) is 0 Å². The van der Waals surface area contributed by atoms with Gasteiger partial charge in [0.1, 0.15) is 0 Å². The third-order valence-corrected chi connectivity index (χ3v) is 8.87. The maximum atomic E-state index is 11.4. The number of hydrogen-bond acceptors (Lipinski definition) is 3. The minimum atomic E-state index is -0.0235. The molecule has 3 unspecified atom stereocenters. The normalized spacial score (nSPS) is 17.7. The highest BCUT2D eigenvalue weighted by atomic mass is 16.5.